The number of allylic oxidation sites excluding steroid dienone is 1. The van der Waals surface area contributed by atoms with Crippen LogP contribution < -0.4 is 5.56 Å². The molecule has 2 aromatic rings. The Morgan fingerprint density at radius 3 is 2.72 bits per heavy atom. The van der Waals surface area contributed by atoms with E-state index in [9.17, 15) is 4.79 Å². The first-order valence-electron chi connectivity index (χ1n) is 10.7. The van der Waals surface area contributed by atoms with Gasteiger partial charge in [0.05, 0.1) is 11.3 Å². The summed E-state index contributed by atoms with van der Waals surface area (Å²) in [6.45, 7) is 5.36. The van der Waals surface area contributed by atoms with E-state index in [1.807, 2.05) is 10.6 Å². The van der Waals surface area contributed by atoms with Crippen molar-refractivity contribution >= 4 is 11.8 Å². The summed E-state index contributed by atoms with van der Waals surface area (Å²) in [6.07, 6.45) is 8.62. The molecule has 0 atom stereocenters. The number of hydrogen-bond donors (Lipinski definition) is 0. The monoisotopic (exact) mass is 409 g/mol. The molecule has 1 saturated carbocycles. The maximum absolute atomic E-state index is 13.9. The van der Waals surface area contributed by atoms with Crippen molar-refractivity contribution < 1.29 is 0 Å². The Labute approximate surface area is 178 Å². The van der Waals surface area contributed by atoms with Gasteiger partial charge in [0, 0.05) is 29.8 Å². The molecule has 1 aromatic heterocycles. The zero-order valence-electron chi connectivity index (χ0n) is 17.6. The molecule has 0 radical (unpaired) electrons. The van der Waals surface area contributed by atoms with Gasteiger partial charge in [-0.15, -0.1) is 6.58 Å². The number of benzene rings is 1. The molecule has 5 heteroatoms. The van der Waals surface area contributed by atoms with E-state index < -0.39 is 0 Å². The minimum Gasteiger partial charge on any atom is -0.309 e. The van der Waals surface area contributed by atoms with Crippen molar-refractivity contribution in [1.29, 1.82) is 0 Å². The zero-order valence-corrected chi connectivity index (χ0v) is 18.4. The van der Waals surface area contributed by atoms with E-state index in [2.05, 4.69) is 49.8 Å². The molecule has 0 unspecified atom stereocenters. The van der Waals surface area contributed by atoms with E-state index in [1.54, 1.807) is 11.8 Å². The highest BCUT2D eigenvalue weighted by Crippen LogP contribution is 2.48. The quantitative estimate of drug-likeness (QED) is 0.400. The largest absolute Gasteiger partial charge is 0.309 e. The minimum atomic E-state index is -0.0538. The summed E-state index contributed by atoms with van der Waals surface area (Å²) in [7, 11) is 4.14. The number of thioether (sulfide) groups is 1. The van der Waals surface area contributed by atoms with Gasteiger partial charge in [-0.2, -0.15) is 0 Å². The van der Waals surface area contributed by atoms with Crippen LogP contribution in [0.2, 0.25) is 0 Å². The first kappa shape index (κ1) is 20.4. The van der Waals surface area contributed by atoms with E-state index in [0.29, 0.717) is 6.54 Å². The third-order valence-electron chi connectivity index (χ3n) is 6.36. The van der Waals surface area contributed by atoms with Gasteiger partial charge in [-0.1, -0.05) is 61.4 Å². The third-order valence-corrected chi connectivity index (χ3v) is 7.31. The maximum atomic E-state index is 13.9. The van der Waals surface area contributed by atoms with Crippen molar-refractivity contribution in [2.24, 2.45) is 0 Å². The SMILES string of the molecule is C=CCn1c(SCCN(C)C)nc2c(c1=O)C1(CCCCC1)Cc1ccccc1-2. The van der Waals surface area contributed by atoms with Gasteiger partial charge >= 0.3 is 0 Å². The van der Waals surface area contributed by atoms with Crippen molar-refractivity contribution in [3.05, 3.63) is 58.4 Å². The van der Waals surface area contributed by atoms with E-state index >= 15 is 0 Å². The van der Waals surface area contributed by atoms with Gasteiger partial charge in [-0.05, 0) is 38.9 Å². The summed E-state index contributed by atoms with van der Waals surface area (Å²) in [6, 6.07) is 8.55. The first-order chi connectivity index (χ1) is 14.1. The van der Waals surface area contributed by atoms with Gasteiger partial charge in [0.25, 0.3) is 5.56 Å². The van der Waals surface area contributed by atoms with Crippen LogP contribution in [0.3, 0.4) is 0 Å². The van der Waals surface area contributed by atoms with Gasteiger partial charge in [0.15, 0.2) is 5.16 Å². The zero-order chi connectivity index (χ0) is 20.4. The minimum absolute atomic E-state index is 0.0538. The summed E-state index contributed by atoms with van der Waals surface area (Å²) in [5.74, 6) is 0.905. The van der Waals surface area contributed by atoms with Crippen molar-refractivity contribution in [3.8, 4) is 11.3 Å². The standard InChI is InChI=1S/C24H31N3OS/c1-4-14-27-22(28)20-21(25-23(27)29-16-15-26(2)3)19-11-7-6-10-18(19)17-24(20)12-8-5-9-13-24/h4,6-7,10-11H,1,5,8-9,12-17H2,2-3H3. The predicted molar refractivity (Wildman–Crippen MR) is 122 cm³/mol. The molecule has 1 heterocycles. The van der Waals surface area contributed by atoms with Crippen molar-refractivity contribution in [3.63, 3.8) is 0 Å². The summed E-state index contributed by atoms with van der Waals surface area (Å²) in [5.41, 5.74) is 4.50. The fraction of sp³-hybridized carbons (Fsp3) is 0.500. The van der Waals surface area contributed by atoms with Gasteiger partial charge in [0.1, 0.15) is 0 Å². The molecule has 154 valence electrons. The molecule has 1 spiro atoms. The Kier molecular flexibility index (Phi) is 5.98. The molecule has 4 nitrogen and oxygen atoms in total. The Morgan fingerprint density at radius 1 is 1.24 bits per heavy atom. The smallest absolute Gasteiger partial charge is 0.258 e. The molecule has 2 aliphatic rings. The number of fused-ring (bicyclic) bond motifs is 4. The molecule has 1 aromatic carbocycles. The van der Waals surface area contributed by atoms with Crippen LogP contribution >= 0.6 is 11.8 Å². The average molecular weight is 410 g/mol. The van der Waals surface area contributed by atoms with E-state index in [1.165, 1.54) is 24.8 Å². The Bertz CT molecular complexity index is 957. The molecule has 1 fully saturated rings. The molecular weight excluding hydrogens is 378 g/mol. The lowest BCUT2D eigenvalue weighted by molar-refractivity contribution is 0.282. The summed E-state index contributed by atoms with van der Waals surface area (Å²) >= 11 is 1.67. The van der Waals surface area contributed by atoms with E-state index in [-0.39, 0.29) is 11.0 Å². The van der Waals surface area contributed by atoms with Crippen LogP contribution in [-0.4, -0.2) is 40.8 Å². The summed E-state index contributed by atoms with van der Waals surface area (Å²) < 4.78 is 1.86. The molecule has 0 bridgehead atoms. The number of aromatic nitrogens is 2. The predicted octanol–water partition coefficient (Wildman–Crippen LogP) is 4.51. The highest BCUT2D eigenvalue weighted by molar-refractivity contribution is 7.99. The summed E-state index contributed by atoms with van der Waals surface area (Å²) in [5, 5.41) is 0.818. The highest BCUT2D eigenvalue weighted by Gasteiger charge is 2.43. The Balaban J connectivity index is 1.90. The van der Waals surface area contributed by atoms with Crippen LogP contribution in [0.15, 0.2) is 46.9 Å². The van der Waals surface area contributed by atoms with E-state index in [4.69, 9.17) is 4.98 Å². The van der Waals surface area contributed by atoms with Gasteiger partial charge in [-0.25, -0.2) is 4.98 Å². The van der Waals surface area contributed by atoms with Crippen molar-refractivity contribution in [2.75, 3.05) is 26.4 Å². The van der Waals surface area contributed by atoms with Crippen molar-refractivity contribution in [2.45, 2.75) is 55.6 Å². The van der Waals surface area contributed by atoms with Gasteiger partial charge in [-0.3, -0.25) is 9.36 Å². The number of rotatable bonds is 6. The maximum Gasteiger partial charge on any atom is 0.258 e. The molecule has 2 aliphatic carbocycles. The number of nitrogens with zero attached hydrogens (tertiary/aromatic N) is 3. The molecule has 0 amide bonds. The van der Waals surface area contributed by atoms with Crippen molar-refractivity contribution in [1.82, 2.24) is 14.5 Å². The summed E-state index contributed by atoms with van der Waals surface area (Å²) in [4.78, 5) is 21.2. The molecular formula is C24H31N3OS. The van der Waals surface area contributed by atoms with Crippen LogP contribution in [0.4, 0.5) is 0 Å². The third kappa shape index (κ3) is 3.82. The van der Waals surface area contributed by atoms with Crippen LogP contribution in [0.25, 0.3) is 11.3 Å². The van der Waals surface area contributed by atoms with Crippen LogP contribution in [0.1, 0.15) is 43.2 Å². The average Bonchev–Trinajstić information content (AvgIpc) is 2.71. The Morgan fingerprint density at radius 2 is 2.00 bits per heavy atom. The van der Waals surface area contributed by atoms with Gasteiger partial charge < -0.3 is 4.90 Å². The molecule has 4 rings (SSSR count). The molecule has 0 aliphatic heterocycles. The Hall–Kier alpha value is -1.85. The molecule has 29 heavy (non-hydrogen) atoms. The normalized spacial score (nSPS) is 17.2. The highest BCUT2D eigenvalue weighted by atomic mass is 32.2. The topological polar surface area (TPSA) is 38.1 Å². The van der Waals surface area contributed by atoms with Crippen LogP contribution in [0.5, 0.6) is 0 Å². The molecule has 0 saturated heterocycles. The second-order valence-corrected chi connectivity index (χ2v) is 9.71. The van der Waals surface area contributed by atoms with E-state index in [0.717, 1.165) is 53.5 Å². The number of hydrogen-bond acceptors (Lipinski definition) is 4. The van der Waals surface area contributed by atoms with Crippen LogP contribution in [0, 0.1) is 0 Å². The molecule has 0 N–H and O–H groups in total. The second kappa shape index (κ2) is 8.49. The lowest BCUT2D eigenvalue weighted by Crippen LogP contribution is -2.43. The first-order valence-corrected chi connectivity index (χ1v) is 11.7. The van der Waals surface area contributed by atoms with Crippen LogP contribution in [-0.2, 0) is 18.4 Å². The fourth-order valence-corrected chi connectivity index (χ4v) is 6.05. The fourth-order valence-electron chi connectivity index (χ4n) is 4.94. The lowest BCUT2D eigenvalue weighted by Gasteiger charge is -2.42. The lowest BCUT2D eigenvalue weighted by atomic mass is 9.62. The van der Waals surface area contributed by atoms with Gasteiger partial charge in [0.2, 0.25) is 0 Å². The second-order valence-electron chi connectivity index (χ2n) is 8.65.